The standard InChI is InChI=1S/C18H25NO2/c1-3-5-9-13-21-17-14-18(20)19(12-6-4-2)16-11-8-7-10-15(16)17/h7-8,10-11,14H,3-6,9,12-13H2,1-2H3. The monoisotopic (exact) mass is 287 g/mol. The first-order chi connectivity index (χ1) is 10.3. The lowest BCUT2D eigenvalue weighted by atomic mass is 10.2. The van der Waals surface area contributed by atoms with Gasteiger partial charge < -0.3 is 9.30 Å². The molecule has 21 heavy (non-hydrogen) atoms. The molecule has 3 nitrogen and oxygen atoms in total. The van der Waals surface area contributed by atoms with Gasteiger partial charge in [-0.25, -0.2) is 0 Å². The molecule has 0 atom stereocenters. The van der Waals surface area contributed by atoms with Crippen LogP contribution in [0.15, 0.2) is 35.1 Å². The second-order valence-corrected chi connectivity index (χ2v) is 5.42. The van der Waals surface area contributed by atoms with Crippen LogP contribution in [0.4, 0.5) is 0 Å². The van der Waals surface area contributed by atoms with Gasteiger partial charge in [0.25, 0.3) is 5.56 Å². The van der Waals surface area contributed by atoms with E-state index < -0.39 is 0 Å². The summed E-state index contributed by atoms with van der Waals surface area (Å²) in [5.41, 5.74) is 1.01. The molecule has 0 bridgehead atoms. The van der Waals surface area contributed by atoms with Gasteiger partial charge >= 0.3 is 0 Å². The Bertz CT molecular complexity index is 631. The minimum absolute atomic E-state index is 0.0349. The fourth-order valence-electron chi connectivity index (χ4n) is 2.50. The number of pyridine rings is 1. The van der Waals surface area contributed by atoms with E-state index in [2.05, 4.69) is 13.8 Å². The number of ether oxygens (including phenoxy) is 1. The molecule has 1 aromatic heterocycles. The van der Waals surface area contributed by atoms with E-state index >= 15 is 0 Å². The molecule has 0 aliphatic carbocycles. The number of fused-ring (bicyclic) bond motifs is 1. The highest BCUT2D eigenvalue weighted by Gasteiger charge is 2.09. The molecular formula is C18H25NO2. The largest absolute Gasteiger partial charge is 0.493 e. The fourth-order valence-corrected chi connectivity index (χ4v) is 2.50. The molecule has 1 aromatic carbocycles. The van der Waals surface area contributed by atoms with Crippen molar-refractivity contribution in [3.8, 4) is 5.75 Å². The van der Waals surface area contributed by atoms with Gasteiger partial charge in [0, 0.05) is 18.0 Å². The van der Waals surface area contributed by atoms with Crippen molar-refractivity contribution in [2.75, 3.05) is 6.61 Å². The fraction of sp³-hybridized carbons (Fsp3) is 0.500. The van der Waals surface area contributed by atoms with Crippen LogP contribution in [0.25, 0.3) is 10.9 Å². The Labute approximate surface area is 126 Å². The average molecular weight is 287 g/mol. The minimum Gasteiger partial charge on any atom is -0.493 e. The van der Waals surface area contributed by atoms with E-state index in [4.69, 9.17) is 4.74 Å². The van der Waals surface area contributed by atoms with E-state index in [-0.39, 0.29) is 5.56 Å². The topological polar surface area (TPSA) is 31.2 Å². The highest BCUT2D eigenvalue weighted by atomic mass is 16.5. The lowest BCUT2D eigenvalue weighted by molar-refractivity contribution is 0.309. The quantitative estimate of drug-likeness (QED) is 0.675. The molecule has 0 radical (unpaired) electrons. The van der Waals surface area contributed by atoms with Crippen molar-refractivity contribution in [3.63, 3.8) is 0 Å². The Balaban J connectivity index is 2.32. The molecule has 1 heterocycles. The lowest BCUT2D eigenvalue weighted by Crippen LogP contribution is -2.20. The Morgan fingerprint density at radius 3 is 2.57 bits per heavy atom. The van der Waals surface area contributed by atoms with Gasteiger partial charge in [-0.15, -0.1) is 0 Å². The normalized spacial score (nSPS) is 11.0. The summed E-state index contributed by atoms with van der Waals surface area (Å²) in [6.07, 6.45) is 5.45. The van der Waals surface area contributed by atoms with E-state index in [0.717, 1.165) is 48.9 Å². The highest BCUT2D eigenvalue weighted by molar-refractivity contribution is 5.85. The van der Waals surface area contributed by atoms with Crippen LogP contribution < -0.4 is 10.3 Å². The van der Waals surface area contributed by atoms with Crippen molar-refractivity contribution in [2.24, 2.45) is 0 Å². The van der Waals surface area contributed by atoms with Crippen LogP contribution in [-0.2, 0) is 6.54 Å². The Morgan fingerprint density at radius 2 is 1.81 bits per heavy atom. The zero-order valence-corrected chi connectivity index (χ0v) is 13.1. The summed E-state index contributed by atoms with van der Waals surface area (Å²) in [6.45, 7) is 5.75. The van der Waals surface area contributed by atoms with Crippen LogP contribution in [0.1, 0.15) is 46.0 Å². The summed E-state index contributed by atoms with van der Waals surface area (Å²) < 4.78 is 7.71. The van der Waals surface area contributed by atoms with Crippen LogP contribution in [-0.4, -0.2) is 11.2 Å². The average Bonchev–Trinajstić information content (AvgIpc) is 2.51. The number of hydrogen-bond acceptors (Lipinski definition) is 2. The Kier molecular flexibility index (Phi) is 5.85. The van der Waals surface area contributed by atoms with Crippen molar-refractivity contribution < 1.29 is 4.74 Å². The van der Waals surface area contributed by atoms with Gasteiger partial charge in [0.15, 0.2) is 0 Å². The van der Waals surface area contributed by atoms with Gasteiger partial charge in [-0.05, 0) is 25.0 Å². The predicted octanol–water partition coefficient (Wildman–Crippen LogP) is 4.37. The molecule has 0 aliphatic rings. The molecule has 114 valence electrons. The van der Waals surface area contributed by atoms with Crippen molar-refractivity contribution >= 4 is 10.9 Å². The zero-order valence-electron chi connectivity index (χ0n) is 13.1. The second kappa shape index (κ2) is 7.87. The lowest BCUT2D eigenvalue weighted by Gasteiger charge is -2.14. The number of nitrogens with zero attached hydrogens (tertiary/aromatic N) is 1. The molecule has 0 unspecified atom stereocenters. The molecule has 0 spiro atoms. The van der Waals surface area contributed by atoms with E-state index in [1.165, 1.54) is 6.42 Å². The van der Waals surface area contributed by atoms with Crippen LogP contribution in [0.2, 0.25) is 0 Å². The van der Waals surface area contributed by atoms with Crippen molar-refractivity contribution in [3.05, 3.63) is 40.7 Å². The molecule has 0 saturated heterocycles. The summed E-state index contributed by atoms with van der Waals surface area (Å²) in [6, 6.07) is 9.66. The maximum Gasteiger partial charge on any atom is 0.254 e. The molecule has 0 amide bonds. The van der Waals surface area contributed by atoms with Gasteiger partial charge in [0.1, 0.15) is 5.75 Å². The predicted molar refractivity (Wildman–Crippen MR) is 88.1 cm³/mol. The zero-order chi connectivity index (χ0) is 15.1. The molecule has 0 saturated carbocycles. The van der Waals surface area contributed by atoms with Gasteiger partial charge in [0.2, 0.25) is 0 Å². The molecule has 3 heteroatoms. The number of benzene rings is 1. The van der Waals surface area contributed by atoms with E-state index in [9.17, 15) is 4.79 Å². The first-order valence-electron chi connectivity index (χ1n) is 8.03. The third-order valence-corrected chi connectivity index (χ3v) is 3.72. The van der Waals surface area contributed by atoms with Crippen LogP contribution >= 0.6 is 0 Å². The Hall–Kier alpha value is -1.77. The van der Waals surface area contributed by atoms with Gasteiger partial charge in [-0.2, -0.15) is 0 Å². The number of unbranched alkanes of at least 4 members (excludes halogenated alkanes) is 3. The third kappa shape index (κ3) is 3.87. The first kappa shape index (κ1) is 15.6. The van der Waals surface area contributed by atoms with Crippen molar-refractivity contribution in [2.45, 2.75) is 52.5 Å². The van der Waals surface area contributed by atoms with Gasteiger partial charge in [-0.3, -0.25) is 4.79 Å². The van der Waals surface area contributed by atoms with E-state index in [0.29, 0.717) is 6.61 Å². The first-order valence-corrected chi connectivity index (χ1v) is 8.03. The maximum absolute atomic E-state index is 12.3. The van der Waals surface area contributed by atoms with Crippen molar-refractivity contribution in [1.29, 1.82) is 0 Å². The Morgan fingerprint density at radius 1 is 1.05 bits per heavy atom. The van der Waals surface area contributed by atoms with Crippen LogP contribution in [0.3, 0.4) is 0 Å². The van der Waals surface area contributed by atoms with Gasteiger partial charge in [0.05, 0.1) is 12.1 Å². The molecule has 2 rings (SSSR count). The molecule has 2 aromatic rings. The number of aromatic nitrogens is 1. The molecule has 0 N–H and O–H groups in total. The molecule has 0 fully saturated rings. The summed E-state index contributed by atoms with van der Waals surface area (Å²) >= 11 is 0. The SMILES string of the molecule is CCCCCOc1cc(=O)n(CCCC)c2ccccc12. The number of rotatable bonds is 8. The summed E-state index contributed by atoms with van der Waals surface area (Å²) in [4.78, 5) is 12.3. The maximum atomic E-state index is 12.3. The van der Waals surface area contributed by atoms with Crippen LogP contribution in [0.5, 0.6) is 5.75 Å². The number of aryl methyl sites for hydroxylation is 1. The van der Waals surface area contributed by atoms with Crippen LogP contribution in [0, 0.1) is 0 Å². The minimum atomic E-state index is 0.0349. The third-order valence-electron chi connectivity index (χ3n) is 3.72. The highest BCUT2D eigenvalue weighted by Crippen LogP contribution is 2.24. The van der Waals surface area contributed by atoms with E-state index in [1.54, 1.807) is 6.07 Å². The summed E-state index contributed by atoms with van der Waals surface area (Å²) in [5.74, 6) is 0.722. The molecular weight excluding hydrogens is 262 g/mol. The van der Waals surface area contributed by atoms with Crippen molar-refractivity contribution in [1.82, 2.24) is 4.57 Å². The smallest absolute Gasteiger partial charge is 0.254 e. The van der Waals surface area contributed by atoms with E-state index in [1.807, 2.05) is 28.8 Å². The number of para-hydroxylation sites is 1. The second-order valence-electron chi connectivity index (χ2n) is 5.42. The van der Waals surface area contributed by atoms with Gasteiger partial charge in [-0.1, -0.05) is 45.2 Å². The number of hydrogen-bond donors (Lipinski definition) is 0. The summed E-state index contributed by atoms with van der Waals surface area (Å²) in [7, 11) is 0. The molecule has 0 aliphatic heterocycles. The summed E-state index contributed by atoms with van der Waals surface area (Å²) in [5, 5.41) is 1.03.